The van der Waals surface area contributed by atoms with Crippen molar-refractivity contribution >= 4 is 17.4 Å². The molecule has 0 saturated carbocycles. The van der Waals surface area contributed by atoms with Gasteiger partial charge in [0.05, 0.1) is 24.4 Å². The van der Waals surface area contributed by atoms with Crippen LogP contribution in [0.4, 0.5) is 19.0 Å². The van der Waals surface area contributed by atoms with Crippen LogP contribution in [-0.2, 0) is 6.18 Å². The van der Waals surface area contributed by atoms with Gasteiger partial charge < -0.3 is 16.2 Å². The number of nitrogens with two attached hydrogens (primary N) is 1. The standard InChI is InChI=1S/C17H16F3N5O2/c1-9-6-14(21)25-15(23-9)11(7-22-25)16(27)24-13(8-26)10-4-2-3-5-12(10)17(18,19)20/h2-7,13,26H,8,21H2,1H3,(H,24,27). The molecule has 1 atom stereocenters. The molecule has 7 nitrogen and oxygen atoms in total. The molecule has 2 heterocycles. The molecular weight excluding hydrogens is 363 g/mol. The second-order valence-corrected chi connectivity index (χ2v) is 5.91. The third-order valence-electron chi connectivity index (χ3n) is 4.00. The summed E-state index contributed by atoms with van der Waals surface area (Å²) in [6.07, 6.45) is -3.40. The molecule has 0 fully saturated rings. The number of nitrogen functional groups attached to an aromatic ring is 1. The van der Waals surface area contributed by atoms with Crippen LogP contribution in [0.3, 0.4) is 0 Å². The Kier molecular flexibility index (Phi) is 4.75. The van der Waals surface area contributed by atoms with E-state index in [1.807, 2.05) is 0 Å². The highest BCUT2D eigenvalue weighted by Crippen LogP contribution is 2.34. The number of anilines is 1. The number of carbonyl (C=O) groups excluding carboxylic acids is 1. The Hall–Kier alpha value is -3.14. The Labute approximate surface area is 151 Å². The number of amides is 1. The molecular formula is C17H16F3N5O2. The third kappa shape index (κ3) is 3.56. The summed E-state index contributed by atoms with van der Waals surface area (Å²) in [5.41, 5.74) is 5.42. The van der Waals surface area contributed by atoms with Crippen molar-refractivity contribution < 1.29 is 23.1 Å². The minimum Gasteiger partial charge on any atom is -0.394 e. The molecule has 0 aliphatic rings. The molecule has 0 bridgehead atoms. The fourth-order valence-corrected chi connectivity index (χ4v) is 2.79. The fraction of sp³-hybridized carbons (Fsp3) is 0.235. The first-order valence-electron chi connectivity index (χ1n) is 7.91. The number of benzene rings is 1. The summed E-state index contributed by atoms with van der Waals surface area (Å²) in [5.74, 6) is -0.462. The number of halogens is 3. The number of hydrogen-bond donors (Lipinski definition) is 3. The number of aliphatic hydroxyl groups excluding tert-OH is 1. The van der Waals surface area contributed by atoms with Crippen molar-refractivity contribution in [1.82, 2.24) is 19.9 Å². The van der Waals surface area contributed by atoms with E-state index in [1.165, 1.54) is 28.9 Å². The molecule has 0 saturated heterocycles. The molecule has 0 radical (unpaired) electrons. The van der Waals surface area contributed by atoms with Gasteiger partial charge in [-0.15, -0.1) is 0 Å². The summed E-state index contributed by atoms with van der Waals surface area (Å²) in [4.78, 5) is 16.8. The van der Waals surface area contributed by atoms with E-state index < -0.39 is 30.3 Å². The minimum atomic E-state index is -4.62. The number of nitrogens with one attached hydrogen (secondary N) is 1. The van der Waals surface area contributed by atoms with E-state index >= 15 is 0 Å². The Bertz CT molecular complexity index is 1000. The van der Waals surface area contributed by atoms with Crippen molar-refractivity contribution in [3.63, 3.8) is 0 Å². The molecule has 0 spiro atoms. The predicted octanol–water partition coefficient (Wildman–Crippen LogP) is 2.10. The van der Waals surface area contributed by atoms with Crippen molar-refractivity contribution in [2.24, 2.45) is 0 Å². The van der Waals surface area contributed by atoms with Crippen LogP contribution in [0, 0.1) is 6.92 Å². The van der Waals surface area contributed by atoms with E-state index in [-0.39, 0.29) is 22.6 Å². The number of nitrogens with zero attached hydrogens (tertiary/aromatic N) is 3. The molecule has 27 heavy (non-hydrogen) atoms. The van der Waals surface area contributed by atoms with Crippen molar-refractivity contribution in [3.05, 3.63) is 58.9 Å². The maximum absolute atomic E-state index is 13.2. The van der Waals surface area contributed by atoms with E-state index in [9.17, 15) is 23.1 Å². The lowest BCUT2D eigenvalue weighted by Crippen LogP contribution is -2.32. The highest BCUT2D eigenvalue weighted by atomic mass is 19.4. The normalized spacial score (nSPS) is 12.9. The van der Waals surface area contributed by atoms with E-state index in [1.54, 1.807) is 13.0 Å². The fourth-order valence-electron chi connectivity index (χ4n) is 2.79. The number of aromatic nitrogens is 3. The zero-order valence-corrected chi connectivity index (χ0v) is 14.2. The quantitative estimate of drug-likeness (QED) is 0.644. The zero-order valence-electron chi connectivity index (χ0n) is 14.2. The first-order chi connectivity index (χ1) is 12.7. The van der Waals surface area contributed by atoms with Crippen LogP contribution in [0.25, 0.3) is 5.65 Å². The van der Waals surface area contributed by atoms with E-state index in [4.69, 9.17) is 5.73 Å². The summed E-state index contributed by atoms with van der Waals surface area (Å²) >= 11 is 0. The highest BCUT2D eigenvalue weighted by molar-refractivity contribution is 6.00. The van der Waals surface area contributed by atoms with Crippen molar-refractivity contribution in [2.75, 3.05) is 12.3 Å². The lowest BCUT2D eigenvalue weighted by molar-refractivity contribution is -0.138. The Morgan fingerprint density at radius 2 is 2.07 bits per heavy atom. The second-order valence-electron chi connectivity index (χ2n) is 5.91. The average Bonchev–Trinajstić information content (AvgIpc) is 3.03. The predicted molar refractivity (Wildman–Crippen MR) is 90.9 cm³/mol. The van der Waals surface area contributed by atoms with Gasteiger partial charge in [-0.25, -0.2) is 4.98 Å². The number of alkyl halides is 3. The summed E-state index contributed by atoms with van der Waals surface area (Å²) in [6.45, 7) is 0.966. The molecule has 1 unspecified atom stereocenters. The SMILES string of the molecule is Cc1cc(N)n2ncc(C(=O)NC(CO)c3ccccc3C(F)(F)F)c2n1. The molecule has 0 aliphatic heterocycles. The van der Waals surface area contributed by atoms with E-state index in [2.05, 4.69) is 15.4 Å². The van der Waals surface area contributed by atoms with Gasteiger partial charge in [-0.1, -0.05) is 18.2 Å². The van der Waals surface area contributed by atoms with Crippen LogP contribution in [-0.4, -0.2) is 32.2 Å². The first kappa shape index (κ1) is 18.6. The van der Waals surface area contributed by atoms with Crippen LogP contribution < -0.4 is 11.1 Å². The molecule has 2 aromatic heterocycles. The smallest absolute Gasteiger partial charge is 0.394 e. The van der Waals surface area contributed by atoms with Gasteiger partial charge in [0, 0.05) is 11.8 Å². The molecule has 1 amide bonds. The van der Waals surface area contributed by atoms with Crippen LogP contribution in [0.15, 0.2) is 36.5 Å². The Balaban J connectivity index is 1.96. The second kappa shape index (κ2) is 6.88. The number of fused-ring (bicyclic) bond motifs is 1. The van der Waals surface area contributed by atoms with Gasteiger partial charge in [0.2, 0.25) is 0 Å². The molecule has 4 N–H and O–H groups in total. The van der Waals surface area contributed by atoms with Crippen LogP contribution in [0.2, 0.25) is 0 Å². The lowest BCUT2D eigenvalue weighted by Gasteiger charge is -2.21. The maximum atomic E-state index is 13.2. The number of hydrogen-bond acceptors (Lipinski definition) is 5. The third-order valence-corrected chi connectivity index (χ3v) is 4.00. The van der Waals surface area contributed by atoms with Gasteiger partial charge in [0.25, 0.3) is 5.91 Å². The van der Waals surface area contributed by atoms with Gasteiger partial charge in [-0.2, -0.15) is 22.8 Å². The Morgan fingerprint density at radius 1 is 1.37 bits per heavy atom. The zero-order chi connectivity index (χ0) is 19.8. The van der Waals surface area contributed by atoms with Crippen LogP contribution in [0.5, 0.6) is 0 Å². The number of rotatable bonds is 4. The summed E-state index contributed by atoms with van der Waals surface area (Å²) in [5, 5.41) is 16.0. The van der Waals surface area contributed by atoms with Crippen LogP contribution in [0.1, 0.15) is 33.2 Å². The van der Waals surface area contributed by atoms with Crippen molar-refractivity contribution in [2.45, 2.75) is 19.1 Å². The molecule has 1 aromatic carbocycles. The number of aliphatic hydroxyl groups is 1. The molecule has 3 aromatic rings. The minimum absolute atomic E-state index is 0.0355. The van der Waals surface area contributed by atoms with Crippen molar-refractivity contribution in [1.29, 1.82) is 0 Å². The lowest BCUT2D eigenvalue weighted by atomic mass is 10.00. The largest absolute Gasteiger partial charge is 0.416 e. The highest BCUT2D eigenvalue weighted by Gasteiger charge is 2.35. The number of carbonyl (C=O) groups is 1. The monoisotopic (exact) mass is 379 g/mol. The summed E-state index contributed by atoms with van der Waals surface area (Å²) < 4.78 is 40.9. The molecule has 3 rings (SSSR count). The maximum Gasteiger partial charge on any atom is 0.416 e. The topological polar surface area (TPSA) is 106 Å². The summed E-state index contributed by atoms with van der Waals surface area (Å²) in [7, 11) is 0. The first-order valence-corrected chi connectivity index (χ1v) is 7.91. The average molecular weight is 379 g/mol. The van der Waals surface area contributed by atoms with E-state index in [0.717, 1.165) is 6.07 Å². The molecule has 142 valence electrons. The van der Waals surface area contributed by atoms with Gasteiger partial charge in [-0.3, -0.25) is 4.79 Å². The molecule has 0 aliphatic carbocycles. The van der Waals surface area contributed by atoms with Crippen LogP contribution >= 0.6 is 0 Å². The van der Waals surface area contributed by atoms with Gasteiger partial charge in [0.1, 0.15) is 11.4 Å². The number of aryl methyl sites for hydroxylation is 1. The van der Waals surface area contributed by atoms with Gasteiger partial charge in [-0.05, 0) is 18.6 Å². The van der Waals surface area contributed by atoms with Crippen molar-refractivity contribution in [3.8, 4) is 0 Å². The summed E-state index contributed by atoms with van der Waals surface area (Å²) in [6, 6.07) is 5.06. The van der Waals surface area contributed by atoms with Gasteiger partial charge >= 0.3 is 6.18 Å². The Morgan fingerprint density at radius 3 is 2.74 bits per heavy atom. The molecule has 10 heteroatoms. The van der Waals surface area contributed by atoms with E-state index in [0.29, 0.717) is 5.69 Å². The van der Waals surface area contributed by atoms with Gasteiger partial charge in [0.15, 0.2) is 5.65 Å².